The molecule has 6 heteroatoms. The Morgan fingerprint density at radius 2 is 1.67 bits per heavy atom. The molecular weight excluding hydrogens is 450 g/mol. The van der Waals surface area contributed by atoms with Crippen molar-refractivity contribution in [3.63, 3.8) is 0 Å². The predicted molar refractivity (Wildman–Crippen MR) is 138 cm³/mol. The van der Waals surface area contributed by atoms with Crippen LogP contribution in [-0.4, -0.2) is 21.4 Å². The molecule has 3 aromatic carbocycles. The summed E-state index contributed by atoms with van der Waals surface area (Å²) in [6.07, 6.45) is 0. The first-order chi connectivity index (χ1) is 15.8. The number of thioether (sulfide) groups is 1. The van der Waals surface area contributed by atoms with Gasteiger partial charge in [-0.05, 0) is 59.9 Å². The van der Waals surface area contributed by atoms with Crippen LogP contribution in [0.2, 0.25) is 5.02 Å². The van der Waals surface area contributed by atoms with Gasteiger partial charge in [-0.15, -0.1) is 10.2 Å². The first-order valence-corrected chi connectivity index (χ1v) is 12.4. The minimum absolute atomic E-state index is 0.144. The molecule has 4 nitrogen and oxygen atoms in total. The minimum Gasteiger partial charge on any atom is -0.494 e. The molecule has 0 fully saturated rings. The van der Waals surface area contributed by atoms with Gasteiger partial charge in [-0.25, -0.2) is 0 Å². The van der Waals surface area contributed by atoms with E-state index >= 15 is 0 Å². The number of aromatic nitrogens is 3. The van der Waals surface area contributed by atoms with Crippen LogP contribution in [0, 0.1) is 0 Å². The lowest BCUT2D eigenvalue weighted by Gasteiger charge is -2.19. The maximum absolute atomic E-state index is 6.26. The maximum Gasteiger partial charge on any atom is 0.196 e. The van der Waals surface area contributed by atoms with E-state index in [1.807, 2.05) is 55.5 Å². The number of halogens is 1. The summed E-state index contributed by atoms with van der Waals surface area (Å²) in [7, 11) is 0. The van der Waals surface area contributed by atoms with E-state index < -0.39 is 0 Å². The lowest BCUT2D eigenvalue weighted by Crippen LogP contribution is -2.10. The minimum atomic E-state index is 0.144. The summed E-state index contributed by atoms with van der Waals surface area (Å²) in [5, 5.41) is 10.6. The fourth-order valence-corrected chi connectivity index (χ4v) is 4.62. The molecule has 0 radical (unpaired) electrons. The van der Waals surface area contributed by atoms with Gasteiger partial charge < -0.3 is 4.74 Å². The molecule has 0 saturated carbocycles. The normalized spacial score (nSPS) is 11.5. The average Bonchev–Trinajstić information content (AvgIpc) is 3.22. The zero-order valence-electron chi connectivity index (χ0n) is 19.4. The van der Waals surface area contributed by atoms with Gasteiger partial charge in [0.1, 0.15) is 5.75 Å². The summed E-state index contributed by atoms with van der Waals surface area (Å²) < 4.78 is 7.69. The Bertz CT molecular complexity index is 1210. The van der Waals surface area contributed by atoms with Gasteiger partial charge in [-0.3, -0.25) is 4.57 Å². The van der Waals surface area contributed by atoms with Gasteiger partial charge in [0.15, 0.2) is 11.0 Å². The molecule has 4 rings (SSSR count). The molecule has 33 heavy (non-hydrogen) atoms. The van der Waals surface area contributed by atoms with E-state index in [4.69, 9.17) is 16.3 Å². The van der Waals surface area contributed by atoms with Crippen molar-refractivity contribution in [3.8, 4) is 22.8 Å². The van der Waals surface area contributed by atoms with Gasteiger partial charge in [0.05, 0.1) is 6.61 Å². The zero-order chi connectivity index (χ0) is 23.4. The summed E-state index contributed by atoms with van der Waals surface area (Å²) >= 11 is 7.93. The van der Waals surface area contributed by atoms with Gasteiger partial charge in [0.25, 0.3) is 0 Å². The van der Waals surface area contributed by atoms with E-state index in [2.05, 4.69) is 59.8 Å². The molecule has 0 atom stereocenters. The van der Waals surface area contributed by atoms with Crippen molar-refractivity contribution in [1.29, 1.82) is 0 Å². The Kier molecular flexibility index (Phi) is 7.11. The largest absolute Gasteiger partial charge is 0.494 e. The van der Waals surface area contributed by atoms with Crippen LogP contribution < -0.4 is 4.74 Å². The lowest BCUT2D eigenvalue weighted by molar-refractivity contribution is 0.340. The summed E-state index contributed by atoms with van der Waals surface area (Å²) in [6.45, 7) is 9.30. The molecular formula is C27H28ClN3OS. The monoisotopic (exact) mass is 477 g/mol. The van der Waals surface area contributed by atoms with E-state index in [9.17, 15) is 0 Å². The fraction of sp³-hybridized carbons (Fsp3) is 0.259. The molecule has 4 aromatic rings. The second-order valence-electron chi connectivity index (χ2n) is 8.81. The molecule has 1 heterocycles. The number of ether oxygens (including phenoxy) is 1. The van der Waals surface area contributed by atoms with Crippen molar-refractivity contribution in [2.75, 3.05) is 6.61 Å². The van der Waals surface area contributed by atoms with Gasteiger partial charge in [0.2, 0.25) is 0 Å². The van der Waals surface area contributed by atoms with Crippen LogP contribution in [0.5, 0.6) is 5.75 Å². The number of benzene rings is 3. The van der Waals surface area contributed by atoms with Crippen LogP contribution in [0.1, 0.15) is 38.8 Å². The molecule has 0 aliphatic heterocycles. The van der Waals surface area contributed by atoms with Gasteiger partial charge in [-0.2, -0.15) is 0 Å². The third kappa shape index (κ3) is 5.60. The van der Waals surface area contributed by atoms with Crippen LogP contribution in [0.25, 0.3) is 17.1 Å². The Labute approximate surface area is 205 Å². The molecule has 0 saturated heterocycles. The van der Waals surface area contributed by atoms with Crippen LogP contribution >= 0.6 is 23.4 Å². The highest BCUT2D eigenvalue weighted by Gasteiger charge is 2.17. The van der Waals surface area contributed by atoms with Gasteiger partial charge in [-0.1, -0.05) is 80.5 Å². The SMILES string of the molecule is CCOc1ccc(-n2c(SCc3ccc(C(C)(C)C)cc3)nnc2-c2cccc(Cl)c2)cc1. The Balaban J connectivity index is 1.66. The molecule has 0 unspecified atom stereocenters. The maximum atomic E-state index is 6.26. The molecule has 0 aliphatic rings. The molecule has 170 valence electrons. The second-order valence-corrected chi connectivity index (χ2v) is 10.2. The third-order valence-corrected chi connectivity index (χ3v) is 6.55. The predicted octanol–water partition coefficient (Wildman–Crippen LogP) is 7.58. The zero-order valence-corrected chi connectivity index (χ0v) is 21.0. The molecule has 0 bridgehead atoms. The van der Waals surface area contributed by atoms with E-state index in [-0.39, 0.29) is 5.41 Å². The van der Waals surface area contributed by atoms with E-state index in [1.54, 1.807) is 11.8 Å². The molecule has 0 spiro atoms. The Morgan fingerprint density at radius 3 is 2.30 bits per heavy atom. The Morgan fingerprint density at radius 1 is 0.939 bits per heavy atom. The highest BCUT2D eigenvalue weighted by molar-refractivity contribution is 7.98. The lowest BCUT2D eigenvalue weighted by atomic mass is 9.87. The molecule has 0 N–H and O–H groups in total. The first kappa shape index (κ1) is 23.4. The standard InChI is InChI=1S/C27H28ClN3OS/c1-5-32-24-15-13-23(14-16-24)31-25(20-7-6-8-22(28)17-20)29-30-26(31)33-18-19-9-11-21(12-10-19)27(2,3)4/h6-17H,5,18H2,1-4H3. The van der Waals surface area contributed by atoms with Crippen LogP contribution in [-0.2, 0) is 11.2 Å². The highest BCUT2D eigenvalue weighted by Crippen LogP contribution is 2.32. The van der Waals surface area contributed by atoms with Crippen LogP contribution in [0.3, 0.4) is 0 Å². The van der Waals surface area contributed by atoms with Crippen molar-refractivity contribution >= 4 is 23.4 Å². The van der Waals surface area contributed by atoms with Crippen molar-refractivity contribution in [2.45, 2.75) is 44.0 Å². The third-order valence-electron chi connectivity index (χ3n) is 5.31. The second kappa shape index (κ2) is 10.0. The van der Waals surface area contributed by atoms with E-state index in [0.29, 0.717) is 11.6 Å². The summed E-state index contributed by atoms with van der Waals surface area (Å²) in [6, 6.07) is 24.5. The summed E-state index contributed by atoms with van der Waals surface area (Å²) in [4.78, 5) is 0. The first-order valence-electron chi connectivity index (χ1n) is 11.0. The fourth-order valence-electron chi connectivity index (χ4n) is 3.52. The number of rotatable bonds is 7. The summed E-state index contributed by atoms with van der Waals surface area (Å²) in [5.74, 6) is 2.40. The van der Waals surface area contributed by atoms with Gasteiger partial charge in [0, 0.05) is 22.0 Å². The van der Waals surface area contributed by atoms with Crippen molar-refractivity contribution < 1.29 is 4.74 Å². The molecule has 0 aliphatic carbocycles. The van der Waals surface area contributed by atoms with E-state index in [0.717, 1.165) is 33.7 Å². The molecule has 0 amide bonds. The highest BCUT2D eigenvalue weighted by atomic mass is 35.5. The quantitative estimate of drug-likeness (QED) is 0.257. The Hall–Kier alpha value is -2.76. The number of nitrogens with zero attached hydrogens (tertiary/aromatic N) is 3. The number of hydrogen-bond donors (Lipinski definition) is 0. The average molecular weight is 478 g/mol. The topological polar surface area (TPSA) is 39.9 Å². The molecule has 1 aromatic heterocycles. The van der Waals surface area contributed by atoms with Crippen molar-refractivity contribution in [2.24, 2.45) is 0 Å². The van der Waals surface area contributed by atoms with E-state index in [1.165, 1.54) is 11.1 Å². The van der Waals surface area contributed by atoms with Gasteiger partial charge >= 0.3 is 0 Å². The van der Waals surface area contributed by atoms with Crippen LogP contribution in [0.4, 0.5) is 0 Å². The van der Waals surface area contributed by atoms with Crippen LogP contribution in [0.15, 0.2) is 78.0 Å². The summed E-state index contributed by atoms with van der Waals surface area (Å²) in [5.41, 5.74) is 4.62. The van der Waals surface area contributed by atoms with Crippen molar-refractivity contribution in [3.05, 3.63) is 88.9 Å². The number of hydrogen-bond acceptors (Lipinski definition) is 4. The smallest absolute Gasteiger partial charge is 0.196 e. The van der Waals surface area contributed by atoms with Crippen molar-refractivity contribution in [1.82, 2.24) is 14.8 Å².